The van der Waals surface area contributed by atoms with Gasteiger partial charge in [0.05, 0.1) is 18.3 Å². The van der Waals surface area contributed by atoms with Gasteiger partial charge >= 0.3 is 28.6 Å². The maximum Gasteiger partial charge on any atom is 0.418 e. The zero-order chi connectivity index (χ0) is 27.3. The first-order valence-corrected chi connectivity index (χ1v) is 12.9. The van der Waals surface area contributed by atoms with Gasteiger partial charge < -0.3 is 25.0 Å². The highest BCUT2D eigenvalue weighted by atomic mass is 32.3. The molecule has 0 saturated carbocycles. The van der Waals surface area contributed by atoms with E-state index in [1.54, 1.807) is 20.8 Å². The molecule has 2 saturated heterocycles. The van der Waals surface area contributed by atoms with Gasteiger partial charge in [0.1, 0.15) is 11.6 Å². The number of nitrogens with zero attached hydrogens (tertiary/aromatic N) is 5. The molecule has 3 aliphatic rings. The van der Waals surface area contributed by atoms with E-state index in [1.807, 2.05) is 0 Å². The van der Waals surface area contributed by atoms with Gasteiger partial charge in [-0.05, 0) is 33.6 Å². The Morgan fingerprint density at radius 1 is 1.22 bits per heavy atom. The van der Waals surface area contributed by atoms with E-state index in [0.29, 0.717) is 31.0 Å². The van der Waals surface area contributed by atoms with Crippen molar-refractivity contribution in [1.29, 1.82) is 0 Å². The van der Waals surface area contributed by atoms with Crippen LogP contribution in [-0.4, -0.2) is 98.6 Å². The van der Waals surface area contributed by atoms with Gasteiger partial charge in [0.15, 0.2) is 0 Å². The fraction of sp³-hybridized carbons (Fsp3) is 0.650. The van der Waals surface area contributed by atoms with Crippen molar-refractivity contribution in [3.8, 4) is 0 Å². The lowest BCUT2D eigenvalue weighted by molar-refractivity contribution is -0.0317. The quantitative estimate of drug-likeness (QED) is 0.447. The number of aromatic nitrogens is 2. The number of fused-ring (bicyclic) bond motifs is 4. The molecule has 16 nitrogen and oxygen atoms in total. The molecule has 1 aromatic rings. The fourth-order valence-corrected chi connectivity index (χ4v) is 5.03. The van der Waals surface area contributed by atoms with Gasteiger partial charge in [-0.2, -0.15) is 18.6 Å². The summed E-state index contributed by atoms with van der Waals surface area (Å²) in [5.41, 5.74) is -0.171. The second-order valence-electron chi connectivity index (χ2n) is 9.97. The molecule has 2 fully saturated rings. The summed E-state index contributed by atoms with van der Waals surface area (Å²) < 4.78 is 42.7. The molecule has 4 heterocycles. The zero-order valence-electron chi connectivity index (χ0n) is 20.4. The van der Waals surface area contributed by atoms with Crippen molar-refractivity contribution >= 4 is 34.5 Å². The lowest BCUT2D eigenvalue weighted by Gasteiger charge is -2.32. The van der Waals surface area contributed by atoms with Crippen molar-refractivity contribution in [2.75, 3.05) is 26.2 Å². The number of carboxylic acid groups (broad SMARTS) is 1. The Morgan fingerprint density at radius 3 is 2.43 bits per heavy atom. The van der Waals surface area contributed by atoms with Gasteiger partial charge in [-0.25, -0.2) is 19.1 Å². The minimum atomic E-state index is -5.04. The topological polar surface area (TPSA) is 201 Å². The van der Waals surface area contributed by atoms with Crippen LogP contribution in [0.4, 0.5) is 14.4 Å². The number of carbonyl (C=O) groups is 4. The maximum absolute atomic E-state index is 13.3. The zero-order valence-corrected chi connectivity index (χ0v) is 21.2. The van der Waals surface area contributed by atoms with Crippen molar-refractivity contribution in [3.63, 3.8) is 0 Å². The number of hydrogen-bond donors (Lipinski definition) is 3. The Bertz CT molecular complexity index is 1220. The van der Waals surface area contributed by atoms with Gasteiger partial charge in [0.25, 0.3) is 0 Å². The summed E-state index contributed by atoms with van der Waals surface area (Å²) in [6.07, 6.45) is 0.258. The van der Waals surface area contributed by atoms with Crippen LogP contribution in [0.1, 0.15) is 61.7 Å². The number of urea groups is 1. The van der Waals surface area contributed by atoms with Gasteiger partial charge in [-0.1, -0.05) is 0 Å². The third kappa shape index (κ3) is 5.62. The van der Waals surface area contributed by atoms with Gasteiger partial charge in [0, 0.05) is 37.3 Å². The summed E-state index contributed by atoms with van der Waals surface area (Å²) in [5, 5.41) is 16.0. The molecule has 4 rings (SSSR count). The summed E-state index contributed by atoms with van der Waals surface area (Å²) in [7, 11) is -5.04. The molecule has 2 atom stereocenters. The number of rotatable bonds is 5. The molecule has 204 valence electrons. The van der Waals surface area contributed by atoms with E-state index >= 15 is 0 Å². The summed E-state index contributed by atoms with van der Waals surface area (Å²) in [4.78, 5) is 52.1. The number of amides is 4. The standard InChI is InChI=1S/C20H28N6O10S/c1-20(2,3)35-19(31)23-6-4-11(5-7-23)16(27)25-9-12-14-10-24(18(30)26(14)36-37(32,33)34)13(15(12)22-25)8-21-17(28)29/h9,11,13-14,21H,4-8,10H2,1-3H3,(H,28,29)(H,32,33,34). The lowest BCUT2D eigenvalue weighted by atomic mass is 9.96. The van der Waals surface area contributed by atoms with Gasteiger partial charge in [0.2, 0.25) is 5.91 Å². The third-order valence-corrected chi connectivity index (χ3v) is 6.60. The Morgan fingerprint density at radius 2 is 1.86 bits per heavy atom. The van der Waals surface area contributed by atoms with Crippen LogP contribution in [0.25, 0.3) is 0 Å². The molecular formula is C20H28N6O10S. The number of piperidine rings is 1. The highest BCUT2D eigenvalue weighted by Crippen LogP contribution is 2.43. The van der Waals surface area contributed by atoms with E-state index < -0.39 is 52.2 Å². The van der Waals surface area contributed by atoms with Crippen molar-refractivity contribution in [2.24, 2.45) is 5.92 Å². The van der Waals surface area contributed by atoms with Crippen LogP contribution >= 0.6 is 0 Å². The van der Waals surface area contributed by atoms with E-state index in [-0.39, 0.29) is 30.3 Å². The van der Waals surface area contributed by atoms with Gasteiger partial charge in [-0.3, -0.25) is 9.35 Å². The minimum Gasteiger partial charge on any atom is -0.465 e. The van der Waals surface area contributed by atoms with Crippen molar-refractivity contribution in [2.45, 2.75) is 51.3 Å². The van der Waals surface area contributed by atoms with E-state index in [2.05, 4.69) is 14.7 Å². The Labute approximate surface area is 212 Å². The number of nitrogens with one attached hydrogen (secondary N) is 1. The average molecular weight is 545 g/mol. The summed E-state index contributed by atoms with van der Waals surface area (Å²) >= 11 is 0. The Kier molecular flexibility index (Phi) is 6.80. The second-order valence-corrected chi connectivity index (χ2v) is 11.0. The molecule has 0 aliphatic carbocycles. The normalized spacial score (nSPS) is 22.2. The lowest BCUT2D eigenvalue weighted by Crippen LogP contribution is -2.43. The highest BCUT2D eigenvalue weighted by molar-refractivity contribution is 7.80. The monoisotopic (exact) mass is 544 g/mol. The molecule has 1 aromatic heterocycles. The van der Waals surface area contributed by atoms with Crippen LogP contribution in [0.5, 0.6) is 0 Å². The molecule has 2 unspecified atom stereocenters. The molecule has 2 bridgehead atoms. The number of ether oxygens (including phenoxy) is 1. The van der Waals surface area contributed by atoms with Crippen LogP contribution in [0, 0.1) is 5.92 Å². The molecule has 3 aliphatic heterocycles. The summed E-state index contributed by atoms with van der Waals surface area (Å²) in [6, 6.07) is -2.88. The average Bonchev–Trinajstić information content (AvgIpc) is 3.33. The Hall–Kier alpha value is -3.44. The summed E-state index contributed by atoms with van der Waals surface area (Å²) in [6.45, 7) is 5.54. The molecule has 37 heavy (non-hydrogen) atoms. The number of hydroxylamine groups is 2. The highest BCUT2D eigenvalue weighted by Gasteiger charge is 2.52. The largest absolute Gasteiger partial charge is 0.465 e. The molecule has 0 spiro atoms. The SMILES string of the molecule is CC(C)(C)OC(=O)N1CCC(C(=O)n2cc3c(n2)C(CNC(=O)O)N2CC3N(OS(=O)(=O)O)C2=O)CC1. The molecule has 4 amide bonds. The maximum atomic E-state index is 13.3. The van der Waals surface area contributed by atoms with E-state index in [4.69, 9.17) is 14.4 Å². The van der Waals surface area contributed by atoms with Crippen LogP contribution in [0.3, 0.4) is 0 Å². The predicted octanol–water partition coefficient (Wildman–Crippen LogP) is 1.01. The second kappa shape index (κ2) is 9.46. The van der Waals surface area contributed by atoms with Crippen molar-refractivity contribution in [3.05, 3.63) is 17.5 Å². The van der Waals surface area contributed by atoms with Crippen molar-refractivity contribution in [1.82, 2.24) is 30.0 Å². The van der Waals surface area contributed by atoms with E-state index in [1.165, 1.54) is 11.1 Å². The number of hydrogen-bond acceptors (Lipinski definition) is 9. The molecule has 0 aromatic carbocycles. The van der Waals surface area contributed by atoms with Crippen LogP contribution in [0.2, 0.25) is 0 Å². The number of likely N-dealkylation sites (tertiary alicyclic amines) is 1. The van der Waals surface area contributed by atoms with E-state index in [9.17, 15) is 27.6 Å². The van der Waals surface area contributed by atoms with Crippen LogP contribution in [-0.2, 0) is 19.4 Å². The fourth-order valence-electron chi connectivity index (χ4n) is 4.66. The van der Waals surface area contributed by atoms with E-state index in [0.717, 1.165) is 9.58 Å². The first kappa shape index (κ1) is 26.6. The van der Waals surface area contributed by atoms with Crippen molar-refractivity contribution < 1.29 is 46.3 Å². The minimum absolute atomic E-state index is 0.0819. The molecule has 3 N–H and O–H groups in total. The molecule has 0 radical (unpaired) electrons. The van der Waals surface area contributed by atoms with Crippen LogP contribution in [0.15, 0.2) is 6.20 Å². The van der Waals surface area contributed by atoms with Crippen LogP contribution < -0.4 is 5.32 Å². The first-order valence-electron chi connectivity index (χ1n) is 11.5. The number of carbonyl (C=O) groups excluding carboxylic acids is 3. The first-order chi connectivity index (χ1) is 17.1. The predicted molar refractivity (Wildman–Crippen MR) is 121 cm³/mol. The third-order valence-electron chi connectivity index (χ3n) is 6.25. The summed E-state index contributed by atoms with van der Waals surface area (Å²) in [5.74, 6) is -0.845. The molecule has 17 heteroatoms. The Balaban J connectivity index is 1.55. The molecular weight excluding hydrogens is 516 g/mol. The van der Waals surface area contributed by atoms with Gasteiger partial charge in [-0.15, -0.1) is 4.28 Å². The smallest absolute Gasteiger partial charge is 0.418 e.